The predicted octanol–water partition coefficient (Wildman–Crippen LogP) is 2.98. The summed E-state index contributed by atoms with van der Waals surface area (Å²) >= 11 is 0. The number of fused-ring (bicyclic) bond motifs is 1. The lowest BCUT2D eigenvalue weighted by Crippen LogP contribution is -2.13. The Balaban J connectivity index is 2.04. The van der Waals surface area contributed by atoms with Gasteiger partial charge in [0.2, 0.25) is 0 Å². The first kappa shape index (κ1) is 17.8. The molecule has 0 atom stereocenters. The number of carbonyl (C=O) groups is 1. The van der Waals surface area contributed by atoms with Gasteiger partial charge in [-0.05, 0) is 12.5 Å². The van der Waals surface area contributed by atoms with Crippen LogP contribution in [0.25, 0.3) is 28.2 Å². The highest BCUT2D eigenvalue weighted by Crippen LogP contribution is 2.37. The third-order valence-corrected chi connectivity index (χ3v) is 4.38. The molecule has 0 bridgehead atoms. The second-order valence-electron chi connectivity index (χ2n) is 6.31. The highest BCUT2D eigenvalue weighted by Gasteiger charge is 2.20. The molecule has 0 spiro atoms. The van der Waals surface area contributed by atoms with E-state index >= 15 is 0 Å². The monoisotopic (exact) mass is 373 g/mol. The number of hydrogen-bond acceptors (Lipinski definition) is 6. The van der Waals surface area contributed by atoms with Crippen LogP contribution in [0.5, 0.6) is 0 Å². The first-order valence-electron chi connectivity index (χ1n) is 8.94. The van der Waals surface area contributed by atoms with Crippen molar-refractivity contribution in [2.75, 3.05) is 18.5 Å². The molecule has 4 rings (SSSR count). The summed E-state index contributed by atoms with van der Waals surface area (Å²) in [5.41, 5.74) is 4.00. The Bertz CT molecular complexity index is 1120. The molecule has 2 aromatic carbocycles. The topological polar surface area (TPSA) is 92.4 Å². The molecule has 2 aromatic heterocycles. The van der Waals surface area contributed by atoms with Gasteiger partial charge in [0.05, 0.1) is 17.9 Å². The molecule has 4 aromatic rings. The van der Waals surface area contributed by atoms with Crippen LogP contribution in [0.3, 0.4) is 0 Å². The first-order chi connectivity index (χ1) is 13.7. The molecule has 0 saturated carbocycles. The Hall–Kier alpha value is -3.58. The van der Waals surface area contributed by atoms with Crippen molar-refractivity contribution in [1.82, 2.24) is 19.6 Å². The van der Waals surface area contributed by atoms with E-state index in [0.29, 0.717) is 29.5 Å². The molecule has 2 heterocycles. The van der Waals surface area contributed by atoms with Crippen LogP contribution in [0, 0.1) is 6.92 Å². The molecule has 0 aliphatic rings. The van der Waals surface area contributed by atoms with Crippen LogP contribution in [0.1, 0.15) is 16.2 Å². The normalized spacial score (nSPS) is 10.9. The summed E-state index contributed by atoms with van der Waals surface area (Å²) in [6.45, 7) is 2.15. The van der Waals surface area contributed by atoms with Gasteiger partial charge < -0.3 is 10.4 Å². The van der Waals surface area contributed by atoms with Crippen molar-refractivity contribution in [3.8, 4) is 22.4 Å². The number of benzene rings is 2. The van der Waals surface area contributed by atoms with E-state index in [1.807, 2.05) is 49.4 Å². The summed E-state index contributed by atoms with van der Waals surface area (Å²) in [4.78, 5) is 20.2. The number of carbonyl (C=O) groups excluding carboxylic acids is 1. The lowest BCUT2D eigenvalue weighted by molar-refractivity contribution is 0.112. The van der Waals surface area contributed by atoms with Gasteiger partial charge in [-0.3, -0.25) is 4.79 Å². The van der Waals surface area contributed by atoms with Gasteiger partial charge in [0, 0.05) is 17.7 Å². The average Bonchev–Trinajstić information content (AvgIpc) is 3.12. The zero-order chi connectivity index (χ0) is 19.5. The van der Waals surface area contributed by atoms with Gasteiger partial charge in [0.15, 0.2) is 0 Å². The van der Waals surface area contributed by atoms with E-state index < -0.39 is 0 Å². The van der Waals surface area contributed by atoms with Crippen LogP contribution in [0.2, 0.25) is 0 Å². The van der Waals surface area contributed by atoms with Gasteiger partial charge in [-0.2, -0.15) is 9.50 Å². The zero-order valence-electron chi connectivity index (χ0n) is 15.3. The third-order valence-electron chi connectivity index (χ3n) is 4.38. The second kappa shape index (κ2) is 7.58. The summed E-state index contributed by atoms with van der Waals surface area (Å²) < 4.78 is 1.66. The molecule has 140 valence electrons. The number of anilines is 1. The molecule has 0 fully saturated rings. The summed E-state index contributed by atoms with van der Waals surface area (Å²) in [6, 6.07) is 17.1. The fraction of sp³-hybridized carbons (Fsp3) is 0.143. The first-order valence-corrected chi connectivity index (χ1v) is 8.94. The molecule has 0 radical (unpaired) electrons. The van der Waals surface area contributed by atoms with Gasteiger partial charge >= 0.3 is 0 Å². The van der Waals surface area contributed by atoms with E-state index in [1.54, 1.807) is 16.6 Å². The van der Waals surface area contributed by atoms with Crippen LogP contribution < -0.4 is 5.32 Å². The van der Waals surface area contributed by atoms with E-state index in [-0.39, 0.29) is 6.61 Å². The number of aliphatic hydroxyl groups excluding tert-OH is 1. The van der Waals surface area contributed by atoms with Gasteiger partial charge in [0.1, 0.15) is 17.9 Å². The van der Waals surface area contributed by atoms with Crippen molar-refractivity contribution in [2.24, 2.45) is 0 Å². The molecule has 0 saturated heterocycles. The van der Waals surface area contributed by atoms with Crippen LogP contribution in [0.15, 0.2) is 54.6 Å². The van der Waals surface area contributed by atoms with E-state index in [2.05, 4.69) is 15.4 Å². The van der Waals surface area contributed by atoms with E-state index in [0.717, 1.165) is 28.7 Å². The van der Waals surface area contributed by atoms with Crippen molar-refractivity contribution in [1.29, 1.82) is 0 Å². The number of aryl methyl sites for hydroxylation is 1. The van der Waals surface area contributed by atoms with Crippen molar-refractivity contribution in [2.45, 2.75) is 6.92 Å². The number of nitrogens with one attached hydrogen (secondary N) is 1. The second-order valence-corrected chi connectivity index (χ2v) is 6.31. The lowest BCUT2D eigenvalue weighted by atomic mass is 9.99. The van der Waals surface area contributed by atoms with E-state index in [1.165, 1.54) is 0 Å². The number of aliphatic hydroxyl groups is 1. The lowest BCUT2D eigenvalue weighted by Gasteiger charge is -2.17. The molecule has 0 aliphatic carbocycles. The van der Waals surface area contributed by atoms with E-state index in [4.69, 9.17) is 4.98 Å². The number of aromatic nitrogens is 4. The number of hydrogen-bond donors (Lipinski definition) is 2. The van der Waals surface area contributed by atoms with Crippen molar-refractivity contribution < 1.29 is 9.90 Å². The maximum atomic E-state index is 11.0. The van der Waals surface area contributed by atoms with E-state index in [9.17, 15) is 9.90 Å². The standard InChI is InChI=1S/C21H19N5O2/c1-14-23-21-24-19(17-9-7-15(13-28)8-10-17)18(16-5-3-2-4-6-16)20(22-11-12-27)26(21)25-14/h2-10,13,22,27H,11-12H2,1H3. The molecule has 7 heteroatoms. The Labute approximate surface area is 161 Å². The quantitative estimate of drug-likeness (QED) is 0.505. The van der Waals surface area contributed by atoms with Crippen molar-refractivity contribution in [3.05, 3.63) is 66.0 Å². The molecule has 0 aliphatic heterocycles. The van der Waals surface area contributed by atoms with Crippen LogP contribution in [-0.2, 0) is 0 Å². The maximum absolute atomic E-state index is 11.0. The smallest absolute Gasteiger partial charge is 0.254 e. The molecule has 2 N–H and O–H groups in total. The molecule has 0 amide bonds. The fourth-order valence-corrected chi connectivity index (χ4v) is 3.14. The average molecular weight is 373 g/mol. The minimum atomic E-state index is -0.0188. The van der Waals surface area contributed by atoms with Gasteiger partial charge in [0.25, 0.3) is 5.78 Å². The third kappa shape index (κ3) is 3.23. The molecule has 0 unspecified atom stereocenters. The summed E-state index contributed by atoms with van der Waals surface area (Å²) in [5.74, 6) is 1.78. The molecular formula is C21H19N5O2. The van der Waals surface area contributed by atoms with Crippen LogP contribution in [0.4, 0.5) is 5.82 Å². The van der Waals surface area contributed by atoms with Gasteiger partial charge in [-0.1, -0.05) is 54.6 Å². The fourth-order valence-electron chi connectivity index (χ4n) is 3.14. The highest BCUT2D eigenvalue weighted by atomic mass is 16.3. The van der Waals surface area contributed by atoms with Crippen molar-refractivity contribution in [3.63, 3.8) is 0 Å². The Morgan fingerprint density at radius 1 is 1.04 bits per heavy atom. The highest BCUT2D eigenvalue weighted by molar-refractivity contribution is 5.90. The van der Waals surface area contributed by atoms with Gasteiger partial charge in [-0.25, -0.2) is 4.98 Å². The molecular weight excluding hydrogens is 354 g/mol. The number of aldehydes is 1. The Morgan fingerprint density at radius 2 is 1.79 bits per heavy atom. The minimum Gasteiger partial charge on any atom is -0.395 e. The van der Waals surface area contributed by atoms with Gasteiger partial charge in [-0.15, -0.1) is 5.10 Å². The van der Waals surface area contributed by atoms with Crippen LogP contribution in [-0.4, -0.2) is 44.1 Å². The largest absolute Gasteiger partial charge is 0.395 e. The maximum Gasteiger partial charge on any atom is 0.254 e. The minimum absolute atomic E-state index is 0.0188. The molecule has 7 nitrogen and oxygen atoms in total. The number of rotatable bonds is 6. The zero-order valence-corrected chi connectivity index (χ0v) is 15.3. The predicted molar refractivity (Wildman–Crippen MR) is 107 cm³/mol. The number of nitrogens with zero attached hydrogens (tertiary/aromatic N) is 4. The summed E-state index contributed by atoms with van der Waals surface area (Å²) in [5, 5.41) is 17.1. The summed E-state index contributed by atoms with van der Waals surface area (Å²) in [7, 11) is 0. The summed E-state index contributed by atoms with van der Waals surface area (Å²) in [6.07, 6.45) is 0.814. The SMILES string of the molecule is Cc1nc2nc(-c3ccc(C=O)cc3)c(-c3ccccc3)c(NCCO)n2n1. The van der Waals surface area contributed by atoms with Crippen LogP contribution >= 0.6 is 0 Å². The van der Waals surface area contributed by atoms with Crippen molar-refractivity contribution >= 4 is 17.9 Å². The Morgan fingerprint density at radius 3 is 2.46 bits per heavy atom. The Kier molecular flexibility index (Phi) is 4.82. The molecule has 28 heavy (non-hydrogen) atoms.